The highest BCUT2D eigenvalue weighted by molar-refractivity contribution is 7.21. The number of thiophene rings is 1. The number of carbonyl (C=O) groups is 2. The van der Waals surface area contributed by atoms with Gasteiger partial charge >= 0.3 is 0 Å². The maximum Gasteiger partial charge on any atom is 0.291 e. The molecule has 0 saturated heterocycles. The van der Waals surface area contributed by atoms with Gasteiger partial charge in [0.05, 0.1) is 5.69 Å². The van der Waals surface area contributed by atoms with Gasteiger partial charge in [-0.3, -0.25) is 9.59 Å². The first-order valence-corrected chi connectivity index (χ1v) is 12.9. The summed E-state index contributed by atoms with van der Waals surface area (Å²) in [5, 5.41) is 3.20. The first-order valence-electron chi connectivity index (χ1n) is 12.1. The SMILES string of the molecule is NC(=O)c1sc2nc(C(F)F)cc(C3CC3)c2c1NC(=O)c1ccc(COc2ccc3c(c2)CCC3)o1. The molecule has 1 saturated carbocycles. The van der Waals surface area contributed by atoms with E-state index in [1.54, 1.807) is 6.07 Å². The molecule has 1 fully saturated rings. The summed E-state index contributed by atoms with van der Waals surface area (Å²) in [7, 11) is 0. The minimum Gasteiger partial charge on any atom is -0.486 e. The quantitative estimate of drug-likeness (QED) is 0.289. The number of nitrogens with two attached hydrogens (primary N) is 1. The molecule has 3 heterocycles. The van der Waals surface area contributed by atoms with Crippen LogP contribution >= 0.6 is 11.3 Å². The molecule has 0 unspecified atom stereocenters. The molecule has 0 radical (unpaired) electrons. The molecule has 0 spiro atoms. The third kappa shape index (κ3) is 4.57. The van der Waals surface area contributed by atoms with Crippen LogP contribution in [0.5, 0.6) is 5.75 Å². The normalized spacial score (nSPS) is 14.8. The van der Waals surface area contributed by atoms with Crippen LogP contribution in [0.15, 0.2) is 40.8 Å². The Morgan fingerprint density at radius 3 is 2.73 bits per heavy atom. The largest absolute Gasteiger partial charge is 0.486 e. The summed E-state index contributed by atoms with van der Waals surface area (Å²) in [6, 6.07) is 10.6. The average Bonchev–Trinajstić information content (AvgIpc) is 3.26. The summed E-state index contributed by atoms with van der Waals surface area (Å²) < 4.78 is 38.4. The monoisotopic (exact) mass is 523 g/mol. The van der Waals surface area contributed by atoms with E-state index in [-0.39, 0.29) is 39.4 Å². The number of ether oxygens (including phenoxy) is 1. The van der Waals surface area contributed by atoms with Gasteiger partial charge in [-0.05, 0) is 85.0 Å². The molecule has 7 nitrogen and oxygen atoms in total. The molecule has 6 rings (SSSR count). The fourth-order valence-corrected chi connectivity index (χ4v) is 5.83. The molecule has 0 aliphatic heterocycles. The van der Waals surface area contributed by atoms with Gasteiger partial charge in [0.15, 0.2) is 5.76 Å². The zero-order valence-corrected chi connectivity index (χ0v) is 20.5. The van der Waals surface area contributed by atoms with Gasteiger partial charge < -0.3 is 20.2 Å². The molecule has 1 aromatic carbocycles. The van der Waals surface area contributed by atoms with Crippen LogP contribution in [-0.2, 0) is 19.4 Å². The Kier molecular flexibility index (Phi) is 5.91. The number of furan rings is 1. The summed E-state index contributed by atoms with van der Waals surface area (Å²) >= 11 is 0.895. The smallest absolute Gasteiger partial charge is 0.291 e. The predicted octanol–water partition coefficient (Wildman–Crippen LogP) is 6.12. The lowest BCUT2D eigenvalue weighted by Crippen LogP contribution is -2.16. The number of nitrogens with zero attached hydrogens (tertiary/aromatic N) is 1. The lowest BCUT2D eigenvalue weighted by molar-refractivity contribution is 0.0992. The number of benzene rings is 1. The van der Waals surface area contributed by atoms with Gasteiger partial charge in [0.25, 0.3) is 18.2 Å². The Bertz CT molecular complexity index is 1540. The lowest BCUT2D eigenvalue weighted by Gasteiger charge is -2.09. The second-order valence-corrected chi connectivity index (χ2v) is 10.4. The molecule has 0 atom stereocenters. The molecule has 37 heavy (non-hydrogen) atoms. The summed E-state index contributed by atoms with van der Waals surface area (Å²) in [5.74, 6) is -0.0831. The molecule has 3 N–H and O–H groups in total. The summed E-state index contributed by atoms with van der Waals surface area (Å²) in [6.45, 7) is 0.145. The molecular formula is C27H23F2N3O4S. The lowest BCUT2D eigenvalue weighted by atomic mass is 10.0. The summed E-state index contributed by atoms with van der Waals surface area (Å²) in [4.78, 5) is 29.6. The first-order chi connectivity index (χ1) is 17.9. The van der Waals surface area contributed by atoms with Crippen LogP contribution < -0.4 is 15.8 Å². The molecule has 4 aromatic rings. The van der Waals surface area contributed by atoms with Crippen LogP contribution in [0, 0.1) is 0 Å². The molecule has 2 aliphatic carbocycles. The van der Waals surface area contributed by atoms with Gasteiger partial charge in [-0.2, -0.15) is 0 Å². The number of halogens is 2. The van der Waals surface area contributed by atoms with Gasteiger partial charge in [-0.1, -0.05) is 6.07 Å². The Labute approximate surface area is 214 Å². The first kappa shape index (κ1) is 23.6. The van der Waals surface area contributed by atoms with Crippen molar-refractivity contribution in [1.82, 2.24) is 4.98 Å². The average molecular weight is 524 g/mol. The maximum atomic E-state index is 13.4. The number of primary amides is 1. The highest BCUT2D eigenvalue weighted by Gasteiger charge is 2.32. The molecule has 3 aromatic heterocycles. The highest BCUT2D eigenvalue weighted by atomic mass is 32.1. The van der Waals surface area contributed by atoms with Crippen molar-refractivity contribution in [2.45, 2.75) is 51.1 Å². The van der Waals surface area contributed by atoms with Crippen LogP contribution in [0.4, 0.5) is 14.5 Å². The Morgan fingerprint density at radius 1 is 1.16 bits per heavy atom. The van der Waals surface area contributed by atoms with Gasteiger partial charge in [-0.25, -0.2) is 13.8 Å². The van der Waals surface area contributed by atoms with Crippen LogP contribution in [0.1, 0.15) is 80.0 Å². The number of aryl methyl sites for hydroxylation is 2. The van der Waals surface area contributed by atoms with Gasteiger partial charge in [-0.15, -0.1) is 11.3 Å². The van der Waals surface area contributed by atoms with Crippen molar-refractivity contribution in [2.75, 3.05) is 5.32 Å². The fraction of sp³-hybridized carbons (Fsp3) is 0.296. The number of hydrogen-bond acceptors (Lipinski definition) is 6. The van der Waals surface area contributed by atoms with Crippen molar-refractivity contribution in [2.24, 2.45) is 5.73 Å². The number of aromatic nitrogens is 1. The number of rotatable bonds is 8. The highest BCUT2D eigenvalue weighted by Crippen LogP contribution is 2.48. The number of pyridine rings is 1. The number of fused-ring (bicyclic) bond motifs is 2. The van der Waals surface area contributed by atoms with Crippen molar-refractivity contribution in [3.8, 4) is 5.75 Å². The molecule has 2 amide bonds. The van der Waals surface area contributed by atoms with Crippen LogP contribution in [-0.4, -0.2) is 16.8 Å². The Balaban J connectivity index is 1.24. The summed E-state index contributed by atoms with van der Waals surface area (Å²) in [6.07, 6.45) is 2.21. The van der Waals surface area contributed by atoms with Gasteiger partial charge in [0.1, 0.15) is 33.5 Å². The Morgan fingerprint density at radius 2 is 1.97 bits per heavy atom. The minimum absolute atomic E-state index is 0.0208. The van der Waals surface area contributed by atoms with Crippen molar-refractivity contribution in [3.05, 3.63) is 75.2 Å². The van der Waals surface area contributed by atoms with E-state index >= 15 is 0 Å². The number of hydrogen-bond donors (Lipinski definition) is 2. The standard InChI is InChI=1S/C27H23F2N3O4S/c28-24(29)19-11-18(14-4-5-14)21-22(23(25(30)33)37-27(21)31-19)32-26(34)20-9-8-17(36-20)12-35-16-7-6-13-2-1-3-15(13)10-16/h6-11,14,24H,1-5,12H2,(H2,30,33)(H,32,34). The Hall–Kier alpha value is -3.79. The van der Waals surface area contributed by atoms with E-state index in [0.717, 1.165) is 49.2 Å². The van der Waals surface area contributed by atoms with E-state index in [1.165, 1.54) is 23.3 Å². The topological polar surface area (TPSA) is 107 Å². The second kappa shape index (κ2) is 9.26. The van der Waals surface area contributed by atoms with Crippen LogP contribution in [0.25, 0.3) is 10.2 Å². The maximum absolute atomic E-state index is 13.4. The number of alkyl halides is 2. The second-order valence-electron chi connectivity index (χ2n) is 9.35. The van der Waals surface area contributed by atoms with Crippen molar-refractivity contribution >= 4 is 39.1 Å². The summed E-state index contributed by atoms with van der Waals surface area (Å²) in [5.41, 5.74) is 8.68. The number of anilines is 1. The van der Waals surface area contributed by atoms with Crippen molar-refractivity contribution < 1.29 is 27.5 Å². The zero-order chi connectivity index (χ0) is 25.7. The van der Waals surface area contributed by atoms with Crippen LogP contribution in [0.3, 0.4) is 0 Å². The van der Waals surface area contributed by atoms with E-state index in [1.807, 2.05) is 12.1 Å². The zero-order valence-electron chi connectivity index (χ0n) is 19.7. The fourth-order valence-electron chi connectivity index (χ4n) is 4.81. The van der Waals surface area contributed by atoms with Crippen LogP contribution in [0.2, 0.25) is 0 Å². The molecule has 2 aliphatic rings. The van der Waals surface area contributed by atoms with Gasteiger partial charge in [0.2, 0.25) is 0 Å². The third-order valence-electron chi connectivity index (χ3n) is 6.75. The molecule has 10 heteroatoms. The van der Waals surface area contributed by atoms with E-state index in [0.29, 0.717) is 16.7 Å². The number of carbonyl (C=O) groups excluding carboxylic acids is 2. The molecular weight excluding hydrogens is 500 g/mol. The minimum atomic E-state index is -2.75. The molecule has 190 valence electrons. The van der Waals surface area contributed by atoms with Crippen molar-refractivity contribution in [3.63, 3.8) is 0 Å². The number of nitrogens with one attached hydrogen (secondary N) is 1. The van der Waals surface area contributed by atoms with Crippen molar-refractivity contribution in [1.29, 1.82) is 0 Å². The van der Waals surface area contributed by atoms with E-state index in [9.17, 15) is 18.4 Å². The third-order valence-corrected chi connectivity index (χ3v) is 7.85. The molecule has 0 bridgehead atoms. The van der Waals surface area contributed by atoms with E-state index in [2.05, 4.69) is 16.4 Å². The predicted molar refractivity (Wildman–Crippen MR) is 135 cm³/mol. The van der Waals surface area contributed by atoms with E-state index in [4.69, 9.17) is 14.9 Å². The number of amides is 2. The van der Waals surface area contributed by atoms with E-state index < -0.39 is 18.2 Å². The van der Waals surface area contributed by atoms with Gasteiger partial charge in [0, 0.05) is 5.39 Å².